The highest BCUT2D eigenvalue weighted by Gasteiger charge is 2.37. The zero-order valence-electron chi connectivity index (χ0n) is 22.4. The Labute approximate surface area is 241 Å². The molecule has 0 atom stereocenters. The molecule has 8 nitrogen and oxygen atoms in total. The first-order valence-electron chi connectivity index (χ1n) is 12.5. The number of ether oxygens (including phenoxy) is 1. The number of aromatic nitrogens is 1. The number of imide groups is 1. The Morgan fingerprint density at radius 3 is 2.25 bits per heavy atom. The zero-order valence-corrected chi connectivity index (χ0v) is 23.9. The van der Waals surface area contributed by atoms with Gasteiger partial charge < -0.3 is 14.5 Å². The molecule has 0 fully saturated rings. The number of hydrogen-bond acceptors (Lipinski definition) is 6. The molecule has 0 radical (unpaired) electrons. The van der Waals surface area contributed by atoms with Gasteiger partial charge in [-0.2, -0.15) is 0 Å². The summed E-state index contributed by atoms with van der Waals surface area (Å²) in [6.45, 7) is 1.52. The van der Waals surface area contributed by atoms with Crippen LogP contribution in [0.25, 0.3) is 10.9 Å². The van der Waals surface area contributed by atoms with E-state index in [1.165, 1.54) is 11.9 Å². The van der Waals surface area contributed by atoms with Crippen LogP contribution in [0.5, 0.6) is 5.75 Å². The summed E-state index contributed by atoms with van der Waals surface area (Å²) in [5.41, 5.74) is 3.99. The van der Waals surface area contributed by atoms with Gasteiger partial charge in [0.15, 0.2) is 0 Å². The van der Waals surface area contributed by atoms with Gasteiger partial charge in [-0.3, -0.25) is 19.3 Å². The number of rotatable bonds is 7. The summed E-state index contributed by atoms with van der Waals surface area (Å²) in [7, 11) is 5.47. The average Bonchev–Trinajstić information content (AvgIpc) is 3.17. The van der Waals surface area contributed by atoms with Crippen molar-refractivity contribution in [1.82, 2.24) is 9.88 Å². The summed E-state index contributed by atoms with van der Waals surface area (Å²) in [6.07, 6.45) is 0. The Hall–Kier alpha value is -4.14. The molecular formula is C30H26Cl2N4O4. The third-order valence-electron chi connectivity index (χ3n) is 6.84. The van der Waals surface area contributed by atoms with Gasteiger partial charge >= 0.3 is 0 Å². The second-order valence-electron chi connectivity index (χ2n) is 9.67. The van der Waals surface area contributed by atoms with E-state index >= 15 is 0 Å². The van der Waals surface area contributed by atoms with E-state index in [1.807, 2.05) is 50.2 Å². The minimum atomic E-state index is -0.505. The lowest BCUT2D eigenvalue weighted by Gasteiger charge is -2.23. The number of carbonyl (C=O) groups excluding carboxylic acids is 3. The maximum Gasteiger partial charge on any atom is 0.262 e. The van der Waals surface area contributed by atoms with Crippen molar-refractivity contribution < 1.29 is 19.1 Å². The van der Waals surface area contributed by atoms with Crippen molar-refractivity contribution in [3.63, 3.8) is 0 Å². The highest BCUT2D eigenvalue weighted by Crippen LogP contribution is 2.36. The molecule has 0 N–H and O–H groups in total. The number of likely N-dealkylation sites (N-methyl/N-ethyl adjacent to an activating group) is 1. The molecule has 10 heteroatoms. The molecule has 0 saturated carbocycles. The summed E-state index contributed by atoms with van der Waals surface area (Å²) < 4.78 is 6.17. The molecule has 0 aliphatic carbocycles. The van der Waals surface area contributed by atoms with Gasteiger partial charge in [0.1, 0.15) is 24.4 Å². The number of anilines is 2. The van der Waals surface area contributed by atoms with E-state index in [-0.39, 0.29) is 22.8 Å². The molecule has 2 heterocycles. The molecule has 0 saturated heterocycles. The number of fused-ring (bicyclic) bond motifs is 2. The van der Waals surface area contributed by atoms with Crippen molar-refractivity contribution in [1.29, 1.82) is 0 Å². The first kappa shape index (κ1) is 27.4. The van der Waals surface area contributed by atoms with Gasteiger partial charge in [0.2, 0.25) is 5.91 Å². The molecule has 1 aromatic heterocycles. The minimum Gasteiger partial charge on any atom is -0.487 e. The summed E-state index contributed by atoms with van der Waals surface area (Å²) in [5, 5.41) is 1.54. The van der Waals surface area contributed by atoms with E-state index < -0.39 is 24.3 Å². The van der Waals surface area contributed by atoms with Crippen LogP contribution in [0, 0.1) is 6.92 Å². The maximum atomic E-state index is 13.2. The van der Waals surface area contributed by atoms with E-state index in [2.05, 4.69) is 0 Å². The van der Waals surface area contributed by atoms with Crippen LogP contribution in [-0.2, 0) is 11.4 Å². The molecule has 204 valence electrons. The predicted octanol–water partition coefficient (Wildman–Crippen LogP) is 5.75. The van der Waals surface area contributed by atoms with E-state index in [4.69, 9.17) is 32.9 Å². The Balaban J connectivity index is 1.38. The predicted molar refractivity (Wildman–Crippen MR) is 157 cm³/mol. The Kier molecular flexibility index (Phi) is 7.40. The van der Waals surface area contributed by atoms with Crippen molar-refractivity contribution >= 4 is 63.2 Å². The van der Waals surface area contributed by atoms with Gasteiger partial charge in [0.05, 0.1) is 21.8 Å². The third kappa shape index (κ3) is 4.85. The Morgan fingerprint density at radius 1 is 0.925 bits per heavy atom. The second kappa shape index (κ2) is 10.8. The van der Waals surface area contributed by atoms with E-state index in [0.29, 0.717) is 27.5 Å². The van der Waals surface area contributed by atoms with Crippen molar-refractivity contribution in [3.05, 3.63) is 93.1 Å². The van der Waals surface area contributed by atoms with E-state index in [9.17, 15) is 14.4 Å². The van der Waals surface area contributed by atoms with Crippen LogP contribution in [0.3, 0.4) is 0 Å². The van der Waals surface area contributed by atoms with Crippen molar-refractivity contribution in [3.8, 4) is 5.75 Å². The van der Waals surface area contributed by atoms with E-state index in [1.54, 1.807) is 36.4 Å². The van der Waals surface area contributed by atoms with Crippen molar-refractivity contribution in [2.45, 2.75) is 13.5 Å². The quantitative estimate of drug-likeness (QED) is 0.260. The van der Waals surface area contributed by atoms with Crippen LogP contribution in [0.4, 0.5) is 11.4 Å². The largest absolute Gasteiger partial charge is 0.487 e. The Morgan fingerprint density at radius 2 is 1.60 bits per heavy atom. The zero-order chi connectivity index (χ0) is 28.7. The van der Waals surface area contributed by atoms with Gasteiger partial charge in [-0.05, 0) is 43.3 Å². The fourth-order valence-corrected chi connectivity index (χ4v) is 5.31. The molecular weight excluding hydrogens is 551 g/mol. The fourth-order valence-electron chi connectivity index (χ4n) is 4.70. The SMILES string of the molecule is Cc1cc(N(C)C)c2cccc(OCc3c(Cl)ccc(N(C)C(=O)CN4C(=O)c5ccccc5C4=O)c3Cl)c2n1. The van der Waals surface area contributed by atoms with Crippen LogP contribution in [-0.4, -0.2) is 55.3 Å². The lowest BCUT2D eigenvalue weighted by molar-refractivity contribution is -0.118. The number of pyridine rings is 1. The van der Waals surface area contributed by atoms with Gasteiger partial charge in [0.25, 0.3) is 11.8 Å². The first-order chi connectivity index (χ1) is 19.1. The number of aryl methyl sites for hydroxylation is 1. The molecule has 4 aromatic rings. The number of carbonyl (C=O) groups is 3. The topological polar surface area (TPSA) is 83.0 Å². The number of halogens is 2. The van der Waals surface area contributed by atoms with Crippen molar-refractivity contribution in [2.24, 2.45) is 0 Å². The van der Waals surface area contributed by atoms with Crippen LogP contribution in [0.1, 0.15) is 32.0 Å². The summed E-state index contributed by atoms with van der Waals surface area (Å²) >= 11 is 13.3. The van der Waals surface area contributed by atoms with Crippen molar-refractivity contribution in [2.75, 3.05) is 37.5 Å². The molecule has 40 heavy (non-hydrogen) atoms. The van der Waals surface area contributed by atoms with Crippen LogP contribution < -0.4 is 14.5 Å². The normalized spacial score (nSPS) is 12.6. The van der Waals surface area contributed by atoms with Gasteiger partial charge in [-0.1, -0.05) is 47.5 Å². The number of amides is 3. The van der Waals surface area contributed by atoms with Crippen LogP contribution in [0.2, 0.25) is 10.0 Å². The Bertz CT molecular complexity index is 1650. The number of nitrogens with zero attached hydrogens (tertiary/aromatic N) is 4. The second-order valence-corrected chi connectivity index (χ2v) is 10.5. The standard InChI is InChI=1S/C30H26Cl2N4O4/c1-17-14-24(34(2)3)20-10-7-11-25(28(20)33-17)40-16-21-22(31)12-13-23(27(21)32)35(4)26(37)15-36-29(38)18-8-5-6-9-19(18)30(36)39/h5-14H,15-16H2,1-4H3. The third-order valence-corrected chi connectivity index (χ3v) is 7.61. The molecule has 0 unspecified atom stereocenters. The average molecular weight is 577 g/mol. The molecule has 3 amide bonds. The van der Waals surface area contributed by atoms with Crippen LogP contribution in [0.15, 0.2) is 60.7 Å². The molecule has 0 spiro atoms. The number of hydrogen-bond donors (Lipinski definition) is 0. The summed E-state index contributed by atoms with van der Waals surface area (Å²) in [5.74, 6) is -0.933. The lowest BCUT2D eigenvalue weighted by atomic mass is 10.1. The smallest absolute Gasteiger partial charge is 0.262 e. The molecule has 5 rings (SSSR count). The summed E-state index contributed by atoms with van der Waals surface area (Å²) in [6, 6.07) is 17.5. The number of benzene rings is 3. The minimum absolute atomic E-state index is 0.0258. The summed E-state index contributed by atoms with van der Waals surface area (Å²) in [4.78, 5) is 47.6. The number of para-hydroxylation sites is 1. The van der Waals surface area contributed by atoms with E-state index in [0.717, 1.165) is 21.7 Å². The lowest BCUT2D eigenvalue weighted by Crippen LogP contribution is -2.41. The highest BCUT2D eigenvalue weighted by molar-refractivity contribution is 6.38. The van der Waals surface area contributed by atoms with Gasteiger partial charge in [-0.15, -0.1) is 0 Å². The van der Waals surface area contributed by atoms with Gasteiger partial charge in [0, 0.05) is 48.5 Å². The molecule has 1 aliphatic heterocycles. The molecule has 0 bridgehead atoms. The monoisotopic (exact) mass is 576 g/mol. The van der Waals surface area contributed by atoms with Gasteiger partial charge in [-0.25, -0.2) is 4.98 Å². The maximum absolute atomic E-state index is 13.2. The first-order valence-corrected chi connectivity index (χ1v) is 13.2. The van der Waals surface area contributed by atoms with Crippen LogP contribution >= 0.6 is 23.2 Å². The fraction of sp³-hybridized carbons (Fsp3) is 0.200. The molecule has 1 aliphatic rings. The highest BCUT2D eigenvalue weighted by atomic mass is 35.5. The molecule has 3 aromatic carbocycles.